The highest BCUT2D eigenvalue weighted by Crippen LogP contribution is 2.29. The van der Waals surface area contributed by atoms with Crippen LogP contribution in [0.5, 0.6) is 0 Å². The summed E-state index contributed by atoms with van der Waals surface area (Å²) >= 11 is 0. The number of carboxylic acid groups (broad SMARTS) is 2. The molecule has 2 amide bonds. The molecule has 116 valence electrons. The van der Waals surface area contributed by atoms with Crippen molar-refractivity contribution in [3.05, 3.63) is 29.3 Å². The molecule has 1 atom stereocenters. The second-order valence-electron chi connectivity index (χ2n) is 5.06. The van der Waals surface area contributed by atoms with Crippen molar-refractivity contribution in [2.45, 2.75) is 12.5 Å². The number of nitrogens with zero attached hydrogens (tertiary/aromatic N) is 2. The first-order valence-electron chi connectivity index (χ1n) is 6.38. The number of imide groups is 1. The Hall–Kier alpha value is -2.90. The molecular formula is C14H14N2O6. The number of benzene rings is 1. The van der Waals surface area contributed by atoms with E-state index >= 15 is 0 Å². The van der Waals surface area contributed by atoms with Gasteiger partial charge in [0.2, 0.25) is 0 Å². The number of carbonyl (C=O) groups excluding carboxylic acids is 2. The largest absolute Gasteiger partial charge is 0.481 e. The highest BCUT2D eigenvalue weighted by Gasteiger charge is 2.43. The van der Waals surface area contributed by atoms with E-state index in [9.17, 15) is 19.2 Å². The summed E-state index contributed by atoms with van der Waals surface area (Å²) in [7, 11) is 3.51. The molecule has 22 heavy (non-hydrogen) atoms. The molecule has 0 bridgehead atoms. The fourth-order valence-electron chi connectivity index (χ4n) is 2.26. The Bertz CT molecular complexity index is 682. The van der Waals surface area contributed by atoms with Gasteiger partial charge in [0.1, 0.15) is 6.04 Å². The predicted octanol–water partition coefficient (Wildman–Crippen LogP) is 0.276. The lowest BCUT2D eigenvalue weighted by Gasteiger charge is -2.20. The number of aliphatic carboxylic acids is 2. The maximum Gasteiger partial charge on any atom is 0.327 e. The van der Waals surface area contributed by atoms with Gasteiger partial charge in [0, 0.05) is 19.8 Å². The summed E-state index contributed by atoms with van der Waals surface area (Å²) in [5.74, 6) is -4.53. The van der Waals surface area contributed by atoms with Crippen LogP contribution >= 0.6 is 0 Å². The molecule has 8 nitrogen and oxygen atoms in total. The highest BCUT2D eigenvalue weighted by molar-refractivity contribution is 6.23. The molecule has 1 aliphatic rings. The van der Waals surface area contributed by atoms with Crippen LogP contribution in [-0.4, -0.2) is 59.0 Å². The third kappa shape index (κ3) is 2.50. The Kier molecular flexibility index (Phi) is 3.85. The Morgan fingerprint density at radius 3 is 2.23 bits per heavy atom. The lowest BCUT2D eigenvalue weighted by atomic mass is 10.1. The first-order valence-corrected chi connectivity index (χ1v) is 6.38. The van der Waals surface area contributed by atoms with Gasteiger partial charge in [0.25, 0.3) is 11.8 Å². The van der Waals surface area contributed by atoms with Crippen molar-refractivity contribution in [2.75, 3.05) is 19.0 Å². The molecule has 2 rings (SSSR count). The zero-order valence-corrected chi connectivity index (χ0v) is 11.9. The van der Waals surface area contributed by atoms with E-state index in [2.05, 4.69) is 0 Å². The van der Waals surface area contributed by atoms with Crippen LogP contribution in [0.4, 0.5) is 5.69 Å². The van der Waals surface area contributed by atoms with Crippen molar-refractivity contribution in [3.63, 3.8) is 0 Å². The van der Waals surface area contributed by atoms with Gasteiger partial charge in [-0.1, -0.05) is 0 Å². The molecule has 8 heteroatoms. The van der Waals surface area contributed by atoms with E-state index in [-0.39, 0.29) is 11.1 Å². The summed E-state index contributed by atoms with van der Waals surface area (Å²) < 4.78 is 0. The predicted molar refractivity (Wildman–Crippen MR) is 74.9 cm³/mol. The topological polar surface area (TPSA) is 115 Å². The number of anilines is 1. The molecule has 1 aromatic carbocycles. The van der Waals surface area contributed by atoms with E-state index in [4.69, 9.17) is 10.2 Å². The van der Waals surface area contributed by atoms with E-state index in [1.165, 1.54) is 12.1 Å². The smallest absolute Gasteiger partial charge is 0.327 e. The lowest BCUT2D eigenvalue weighted by Crippen LogP contribution is -2.46. The Labute approximate surface area is 125 Å². The molecule has 0 aromatic heterocycles. The number of fused-ring (bicyclic) bond motifs is 1. The molecule has 1 aliphatic heterocycles. The van der Waals surface area contributed by atoms with E-state index < -0.39 is 36.2 Å². The van der Waals surface area contributed by atoms with Crippen LogP contribution in [0.15, 0.2) is 18.2 Å². The summed E-state index contributed by atoms with van der Waals surface area (Å²) in [6, 6.07) is 2.81. The van der Waals surface area contributed by atoms with Crippen molar-refractivity contribution < 1.29 is 29.4 Å². The number of rotatable bonds is 5. The summed E-state index contributed by atoms with van der Waals surface area (Å²) in [6.07, 6.45) is -0.846. The van der Waals surface area contributed by atoms with Crippen molar-refractivity contribution in [1.29, 1.82) is 0 Å². The van der Waals surface area contributed by atoms with E-state index in [0.717, 1.165) is 0 Å². The van der Waals surface area contributed by atoms with Gasteiger partial charge in [-0.15, -0.1) is 0 Å². The van der Waals surface area contributed by atoms with Gasteiger partial charge in [-0.05, 0) is 18.2 Å². The molecule has 0 saturated carbocycles. The molecule has 0 aliphatic carbocycles. The average molecular weight is 306 g/mol. The van der Waals surface area contributed by atoms with Crippen LogP contribution in [0.1, 0.15) is 27.1 Å². The van der Waals surface area contributed by atoms with Crippen molar-refractivity contribution in [1.82, 2.24) is 4.90 Å². The van der Waals surface area contributed by atoms with Crippen LogP contribution in [0.3, 0.4) is 0 Å². The molecule has 1 aromatic rings. The fraction of sp³-hybridized carbons (Fsp3) is 0.286. The Balaban J connectivity index is 2.45. The first-order chi connectivity index (χ1) is 10.2. The Morgan fingerprint density at radius 2 is 1.73 bits per heavy atom. The number of amides is 2. The van der Waals surface area contributed by atoms with E-state index in [1.54, 1.807) is 25.1 Å². The molecule has 2 N–H and O–H groups in total. The molecule has 0 radical (unpaired) electrons. The van der Waals surface area contributed by atoms with Crippen LogP contribution in [0.2, 0.25) is 0 Å². The number of hydrogen-bond donors (Lipinski definition) is 2. The average Bonchev–Trinajstić information content (AvgIpc) is 2.67. The van der Waals surface area contributed by atoms with Crippen molar-refractivity contribution >= 4 is 29.4 Å². The molecule has 1 unspecified atom stereocenters. The zero-order chi connectivity index (χ0) is 16.6. The van der Waals surface area contributed by atoms with Crippen LogP contribution < -0.4 is 4.90 Å². The van der Waals surface area contributed by atoms with E-state index in [1.807, 2.05) is 0 Å². The van der Waals surface area contributed by atoms with Gasteiger partial charge in [-0.3, -0.25) is 19.3 Å². The zero-order valence-electron chi connectivity index (χ0n) is 11.9. The SMILES string of the molecule is CN(C)c1ccc2c(c1)C(=O)N(C(CC(=O)O)C(=O)O)C2=O. The van der Waals surface area contributed by atoms with Gasteiger partial charge < -0.3 is 15.1 Å². The standard InChI is InChI=1S/C14H14N2O6/c1-15(2)7-3-4-8-9(5-7)13(20)16(12(8)19)10(14(21)22)6-11(17)18/h3-5,10H,6H2,1-2H3,(H,17,18)(H,21,22). The highest BCUT2D eigenvalue weighted by atomic mass is 16.4. The molecule has 0 spiro atoms. The second-order valence-corrected chi connectivity index (χ2v) is 5.06. The molecule has 0 saturated heterocycles. The number of carbonyl (C=O) groups is 4. The van der Waals surface area contributed by atoms with Gasteiger partial charge in [-0.25, -0.2) is 4.79 Å². The van der Waals surface area contributed by atoms with Gasteiger partial charge in [0.15, 0.2) is 0 Å². The number of carboxylic acids is 2. The minimum absolute atomic E-state index is 0.0761. The quantitative estimate of drug-likeness (QED) is 0.750. The van der Waals surface area contributed by atoms with Gasteiger partial charge >= 0.3 is 11.9 Å². The molecular weight excluding hydrogens is 292 g/mol. The maximum atomic E-state index is 12.3. The third-order valence-corrected chi connectivity index (χ3v) is 3.38. The van der Waals surface area contributed by atoms with Crippen molar-refractivity contribution in [3.8, 4) is 0 Å². The summed E-state index contributed by atoms with van der Waals surface area (Å²) in [6.45, 7) is 0. The second kappa shape index (κ2) is 5.47. The molecule has 0 fully saturated rings. The fourth-order valence-corrected chi connectivity index (χ4v) is 2.26. The summed E-state index contributed by atoms with van der Waals surface area (Å²) in [5, 5.41) is 17.9. The van der Waals surface area contributed by atoms with Crippen LogP contribution in [-0.2, 0) is 9.59 Å². The van der Waals surface area contributed by atoms with E-state index in [0.29, 0.717) is 10.6 Å². The third-order valence-electron chi connectivity index (χ3n) is 3.38. The Morgan fingerprint density at radius 1 is 1.14 bits per heavy atom. The monoisotopic (exact) mass is 306 g/mol. The van der Waals surface area contributed by atoms with Gasteiger partial charge in [0.05, 0.1) is 17.5 Å². The summed E-state index contributed by atoms with van der Waals surface area (Å²) in [4.78, 5) is 48.8. The minimum Gasteiger partial charge on any atom is -0.481 e. The van der Waals surface area contributed by atoms with Crippen LogP contribution in [0.25, 0.3) is 0 Å². The maximum absolute atomic E-state index is 12.3. The lowest BCUT2D eigenvalue weighted by molar-refractivity contribution is -0.147. The van der Waals surface area contributed by atoms with Gasteiger partial charge in [-0.2, -0.15) is 0 Å². The van der Waals surface area contributed by atoms with Crippen LogP contribution in [0, 0.1) is 0 Å². The minimum atomic E-state index is -1.73. The first kappa shape index (κ1) is 15.5. The number of hydrogen-bond acceptors (Lipinski definition) is 5. The summed E-state index contributed by atoms with van der Waals surface area (Å²) in [5.41, 5.74) is 0.826. The normalized spacial score (nSPS) is 14.7. The van der Waals surface area contributed by atoms with Crippen molar-refractivity contribution in [2.24, 2.45) is 0 Å². The molecule has 1 heterocycles.